The molecule has 0 saturated heterocycles. The second-order valence-corrected chi connectivity index (χ2v) is 4.50. The fourth-order valence-corrected chi connectivity index (χ4v) is 1.83. The van der Waals surface area contributed by atoms with Gasteiger partial charge in [-0.1, -0.05) is 6.07 Å². The van der Waals surface area contributed by atoms with Crippen molar-refractivity contribution < 1.29 is 19.2 Å². The third-order valence-electron chi connectivity index (χ3n) is 2.90. The summed E-state index contributed by atoms with van der Waals surface area (Å²) in [5.74, 6) is -1.24. The van der Waals surface area contributed by atoms with Gasteiger partial charge < -0.3 is 4.74 Å². The van der Waals surface area contributed by atoms with Gasteiger partial charge in [-0.3, -0.25) is 35.5 Å². The molecule has 0 saturated carbocycles. The van der Waals surface area contributed by atoms with E-state index >= 15 is 0 Å². The van der Waals surface area contributed by atoms with Gasteiger partial charge in [-0.25, -0.2) is 0 Å². The smallest absolute Gasteiger partial charge is 0.311 e. The average molecular weight is 330 g/mol. The van der Waals surface area contributed by atoms with Crippen LogP contribution in [0.2, 0.25) is 0 Å². The number of benzene rings is 1. The summed E-state index contributed by atoms with van der Waals surface area (Å²) in [4.78, 5) is 38.0. The van der Waals surface area contributed by atoms with Crippen LogP contribution in [-0.4, -0.2) is 28.3 Å². The molecule has 0 aliphatic carbocycles. The minimum Gasteiger partial charge on any atom is -0.487 e. The monoisotopic (exact) mass is 330 g/mol. The molecule has 0 spiro atoms. The van der Waals surface area contributed by atoms with Gasteiger partial charge in [0.25, 0.3) is 11.8 Å². The predicted molar refractivity (Wildman–Crippen MR) is 83.4 cm³/mol. The number of nitrogens with one attached hydrogen (secondary N) is 2. The van der Waals surface area contributed by atoms with E-state index in [0.29, 0.717) is 0 Å². The maximum atomic E-state index is 12.0. The zero-order valence-electron chi connectivity index (χ0n) is 12.7. The van der Waals surface area contributed by atoms with Crippen LogP contribution in [0.4, 0.5) is 5.69 Å². The summed E-state index contributed by atoms with van der Waals surface area (Å²) in [6.45, 7) is 1.95. The maximum Gasteiger partial charge on any atom is 0.311 e. The molecule has 1 aromatic heterocycles. The van der Waals surface area contributed by atoms with E-state index in [4.69, 9.17) is 4.74 Å². The first-order chi connectivity index (χ1) is 11.5. The van der Waals surface area contributed by atoms with Crippen molar-refractivity contribution in [2.75, 3.05) is 6.61 Å². The highest BCUT2D eigenvalue weighted by atomic mass is 16.6. The van der Waals surface area contributed by atoms with E-state index in [2.05, 4.69) is 15.8 Å². The van der Waals surface area contributed by atoms with E-state index in [-0.39, 0.29) is 29.3 Å². The van der Waals surface area contributed by atoms with Crippen LogP contribution in [-0.2, 0) is 0 Å². The normalized spacial score (nSPS) is 9.88. The number of ether oxygens (including phenoxy) is 1. The fourth-order valence-electron chi connectivity index (χ4n) is 1.83. The molecule has 0 bridgehead atoms. The highest BCUT2D eigenvalue weighted by molar-refractivity contribution is 5.98. The van der Waals surface area contributed by atoms with Crippen molar-refractivity contribution in [2.24, 2.45) is 0 Å². The van der Waals surface area contributed by atoms with Crippen LogP contribution < -0.4 is 15.6 Å². The number of hydrazine groups is 1. The maximum absolute atomic E-state index is 12.0. The summed E-state index contributed by atoms with van der Waals surface area (Å²) in [6, 6.07) is 8.52. The van der Waals surface area contributed by atoms with E-state index in [1.807, 2.05) is 0 Å². The Balaban J connectivity index is 2.08. The van der Waals surface area contributed by atoms with Crippen molar-refractivity contribution >= 4 is 17.5 Å². The molecule has 0 unspecified atom stereocenters. The zero-order valence-corrected chi connectivity index (χ0v) is 12.7. The van der Waals surface area contributed by atoms with E-state index < -0.39 is 16.7 Å². The van der Waals surface area contributed by atoms with Crippen molar-refractivity contribution in [3.8, 4) is 5.75 Å². The number of pyridine rings is 1. The predicted octanol–water partition coefficient (Wildman–Crippen LogP) is 1.46. The second-order valence-electron chi connectivity index (χ2n) is 4.50. The summed E-state index contributed by atoms with van der Waals surface area (Å²) in [6.07, 6.45) is 1.44. The zero-order chi connectivity index (χ0) is 17.5. The topological polar surface area (TPSA) is 123 Å². The van der Waals surface area contributed by atoms with Crippen LogP contribution in [0.25, 0.3) is 0 Å². The Morgan fingerprint density at radius 3 is 2.58 bits per heavy atom. The first kappa shape index (κ1) is 16.9. The fraction of sp³-hybridized carbons (Fsp3) is 0.133. The van der Waals surface area contributed by atoms with Gasteiger partial charge >= 0.3 is 5.69 Å². The lowest BCUT2D eigenvalue weighted by Gasteiger charge is -2.08. The van der Waals surface area contributed by atoms with Gasteiger partial charge in [-0.2, -0.15) is 0 Å². The van der Waals surface area contributed by atoms with Crippen LogP contribution >= 0.6 is 0 Å². The van der Waals surface area contributed by atoms with Crippen molar-refractivity contribution in [3.63, 3.8) is 0 Å². The second kappa shape index (κ2) is 7.68. The first-order valence-electron chi connectivity index (χ1n) is 6.96. The van der Waals surface area contributed by atoms with Gasteiger partial charge in [-0.05, 0) is 31.2 Å². The number of nitro groups is 1. The number of nitro benzene ring substituents is 1. The molecule has 0 fully saturated rings. The minimum atomic E-state index is -0.703. The lowest BCUT2D eigenvalue weighted by Crippen LogP contribution is -2.41. The van der Waals surface area contributed by atoms with Gasteiger partial charge in [-0.15, -0.1) is 0 Å². The number of amides is 2. The van der Waals surface area contributed by atoms with Crippen LogP contribution in [0.15, 0.2) is 42.6 Å². The highest BCUT2D eigenvalue weighted by Gasteiger charge is 2.19. The molecule has 124 valence electrons. The molecule has 9 heteroatoms. The Morgan fingerprint density at radius 1 is 1.21 bits per heavy atom. The van der Waals surface area contributed by atoms with Crippen molar-refractivity contribution in [3.05, 3.63) is 64.0 Å². The summed E-state index contributed by atoms with van der Waals surface area (Å²) in [5.41, 5.74) is 4.15. The van der Waals surface area contributed by atoms with Gasteiger partial charge in [0.05, 0.1) is 11.5 Å². The van der Waals surface area contributed by atoms with Crippen LogP contribution in [0.1, 0.15) is 27.8 Å². The molecule has 24 heavy (non-hydrogen) atoms. The number of carbonyl (C=O) groups is 2. The van der Waals surface area contributed by atoms with Gasteiger partial charge in [0.2, 0.25) is 0 Å². The number of nitrogens with zero attached hydrogens (tertiary/aromatic N) is 2. The van der Waals surface area contributed by atoms with E-state index in [9.17, 15) is 19.7 Å². The number of aromatic nitrogens is 1. The van der Waals surface area contributed by atoms with Crippen molar-refractivity contribution in [2.45, 2.75) is 6.92 Å². The molecule has 2 N–H and O–H groups in total. The first-order valence-corrected chi connectivity index (χ1v) is 6.96. The number of rotatable bonds is 5. The van der Waals surface area contributed by atoms with Gasteiger partial charge in [0, 0.05) is 17.8 Å². The third-order valence-corrected chi connectivity index (χ3v) is 2.90. The SMILES string of the molecule is CCOc1ccc(C(=O)NNC(=O)c2ccccn2)cc1[N+](=O)[O-]. The molecule has 0 aliphatic heterocycles. The summed E-state index contributed by atoms with van der Waals surface area (Å²) in [5, 5.41) is 11.0. The standard InChI is InChI=1S/C15H14N4O5/c1-2-24-13-7-6-10(9-12(13)19(22)23)14(20)17-18-15(21)11-5-3-4-8-16-11/h3-9H,2H2,1H3,(H,17,20)(H,18,21). The molecule has 1 heterocycles. The minimum absolute atomic E-state index is 0.00599. The van der Waals surface area contributed by atoms with E-state index in [0.717, 1.165) is 6.07 Å². The Labute approximate surface area is 136 Å². The Hall–Kier alpha value is -3.49. The molecule has 0 atom stereocenters. The summed E-state index contributed by atoms with van der Waals surface area (Å²) < 4.78 is 5.14. The molecule has 0 aliphatic rings. The van der Waals surface area contributed by atoms with E-state index in [1.165, 1.54) is 24.4 Å². The van der Waals surface area contributed by atoms with Crippen molar-refractivity contribution in [1.29, 1.82) is 0 Å². The molecule has 2 aromatic rings. The quantitative estimate of drug-likeness (QED) is 0.632. The molecule has 2 rings (SSSR count). The lowest BCUT2D eigenvalue weighted by molar-refractivity contribution is -0.385. The molecule has 0 radical (unpaired) electrons. The summed E-state index contributed by atoms with van der Waals surface area (Å²) in [7, 11) is 0. The molecule has 9 nitrogen and oxygen atoms in total. The molecule has 1 aromatic carbocycles. The van der Waals surface area contributed by atoms with Crippen molar-refractivity contribution in [1.82, 2.24) is 15.8 Å². The summed E-state index contributed by atoms with van der Waals surface area (Å²) >= 11 is 0. The lowest BCUT2D eigenvalue weighted by atomic mass is 10.2. The number of hydrogen-bond donors (Lipinski definition) is 2. The van der Waals surface area contributed by atoms with E-state index in [1.54, 1.807) is 19.1 Å². The Bertz CT molecular complexity index is 764. The Kier molecular flexibility index (Phi) is 5.40. The molecular formula is C15H14N4O5. The number of carbonyl (C=O) groups excluding carboxylic acids is 2. The third kappa shape index (κ3) is 4.03. The number of hydrogen-bond acceptors (Lipinski definition) is 6. The Morgan fingerprint density at radius 2 is 1.96 bits per heavy atom. The molecular weight excluding hydrogens is 316 g/mol. The van der Waals surface area contributed by atoms with Gasteiger partial charge in [0.15, 0.2) is 5.75 Å². The highest BCUT2D eigenvalue weighted by Crippen LogP contribution is 2.27. The van der Waals surface area contributed by atoms with Crippen LogP contribution in [0.5, 0.6) is 5.75 Å². The van der Waals surface area contributed by atoms with Crippen LogP contribution in [0, 0.1) is 10.1 Å². The van der Waals surface area contributed by atoms with Gasteiger partial charge in [0.1, 0.15) is 5.69 Å². The largest absolute Gasteiger partial charge is 0.487 e. The molecule has 2 amide bonds. The van der Waals surface area contributed by atoms with Crippen LogP contribution in [0.3, 0.4) is 0 Å². The average Bonchev–Trinajstić information content (AvgIpc) is 2.60.